The number of benzene rings is 2. The molecule has 2 aromatic carbocycles. The molecule has 3 heteroatoms. The molecule has 0 radical (unpaired) electrons. The highest BCUT2D eigenvalue weighted by Crippen LogP contribution is 2.28. The van der Waals surface area contributed by atoms with Crippen LogP contribution in [0.3, 0.4) is 0 Å². The van der Waals surface area contributed by atoms with E-state index in [9.17, 15) is 0 Å². The number of nitrogens with one attached hydrogen (secondary N) is 1. The Labute approximate surface area is 125 Å². The summed E-state index contributed by atoms with van der Waals surface area (Å²) >= 11 is 5.96. The molecule has 2 aromatic rings. The number of ether oxygens (including phenoxy) is 1. The first-order valence-corrected chi connectivity index (χ1v) is 7.25. The molecular formula is C17H20ClNO. The summed E-state index contributed by atoms with van der Waals surface area (Å²) in [5.41, 5.74) is 2.25. The Bertz CT molecular complexity index is 583. The molecule has 0 aliphatic heterocycles. The van der Waals surface area contributed by atoms with E-state index in [0.717, 1.165) is 28.6 Å². The largest absolute Gasteiger partial charge is 0.457 e. The maximum absolute atomic E-state index is 5.96. The second-order valence-corrected chi connectivity index (χ2v) is 5.30. The van der Waals surface area contributed by atoms with Gasteiger partial charge in [-0.1, -0.05) is 30.7 Å². The van der Waals surface area contributed by atoms with Crippen LogP contribution in [0.2, 0.25) is 5.02 Å². The maximum atomic E-state index is 5.96. The van der Waals surface area contributed by atoms with E-state index < -0.39 is 0 Å². The monoisotopic (exact) mass is 289 g/mol. The molecular weight excluding hydrogens is 270 g/mol. The zero-order valence-corrected chi connectivity index (χ0v) is 12.9. The number of halogens is 1. The van der Waals surface area contributed by atoms with Crippen LogP contribution in [-0.2, 0) is 0 Å². The van der Waals surface area contributed by atoms with Crippen molar-refractivity contribution >= 4 is 11.6 Å². The SMILES string of the molecule is CCNC(C)c1cccc(Oc2ccc(Cl)cc2C)c1. The standard InChI is InChI=1S/C17H20ClNO/c1-4-19-13(3)14-6-5-7-16(11-14)20-17-9-8-15(18)10-12(17)2/h5-11,13,19H,4H2,1-3H3. The molecule has 20 heavy (non-hydrogen) atoms. The van der Waals surface area contributed by atoms with Gasteiger partial charge in [0.05, 0.1) is 0 Å². The van der Waals surface area contributed by atoms with E-state index in [1.165, 1.54) is 5.56 Å². The first kappa shape index (κ1) is 14.9. The molecule has 0 aliphatic carbocycles. The van der Waals surface area contributed by atoms with Gasteiger partial charge < -0.3 is 10.1 Å². The van der Waals surface area contributed by atoms with Crippen molar-refractivity contribution in [1.82, 2.24) is 5.32 Å². The van der Waals surface area contributed by atoms with Gasteiger partial charge in [-0.25, -0.2) is 0 Å². The Morgan fingerprint density at radius 3 is 2.70 bits per heavy atom. The summed E-state index contributed by atoms with van der Waals surface area (Å²) in [5.74, 6) is 1.68. The van der Waals surface area contributed by atoms with Gasteiger partial charge >= 0.3 is 0 Å². The zero-order valence-electron chi connectivity index (χ0n) is 12.1. The summed E-state index contributed by atoms with van der Waals surface area (Å²) in [5, 5.41) is 4.12. The van der Waals surface area contributed by atoms with Crippen molar-refractivity contribution in [2.75, 3.05) is 6.54 Å². The smallest absolute Gasteiger partial charge is 0.130 e. The summed E-state index contributed by atoms with van der Waals surface area (Å²) in [6, 6.07) is 14.1. The van der Waals surface area contributed by atoms with Crippen LogP contribution in [0.1, 0.15) is 31.0 Å². The van der Waals surface area contributed by atoms with E-state index >= 15 is 0 Å². The fourth-order valence-electron chi connectivity index (χ4n) is 2.13. The van der Waals surface area contributed by atoms with E-state index in [4.69, 9.17) is 16.3 Å². The lowest BCUT2D eigenvalue weighted by Gasteiger charge is -2.15. The van der Waals surface area contributed by atoms with E-state index in [-0.39, 0.29) is 0 Å². The van der Waals surface area contributed by atoms with Crippen molar-refractivity contribution in [3.05, 3.63) is 58.6 Å². The molecule has 0 amide bonds. The number of hydrogen-bond donors (Lipinski definition) is 1. The molecule has 2 rings (SSSR count). The highest BCUT2D eigenvalue weighted by molar-refractivity contribution is 6.30. The summed E-state index contributed by atoms with van der Waals surface area (Å²) in [4.78, 5) is 0. The minimum atomic E-state index is 0.315. The molecule has 0 spiro atoms. The predicted molar refractivity (Wildman–Crippen MR) is 84.8 cm³/mol. The Hall–Kier alpha value is -1.51. The van der Waals surface area contributed by atoms with Crippen LogP contribution in [0.15, 0.2) is 42.5 Å². The minimum absolute atomic E-state index is 0.315. The normalized spacial score (nSPS) is 12.2. The fraction of sp³-hybridized carbons (Fsp3) is 0.294. The van der Waals surface area contributed by atoms with E-state index in [2.05, 4.69) is 31.3 Å². The first-order chi connectivity index (χ1) is 9.60. The Kier molecular flexibility index (Phi) is 5.05. The van der Waals surface area contributed by atoms with Crippen LogP contribution >= 0.6 is 11.6 Å². The maximum Gasteiger partial charge on any atom is 0.130 e. The summed E-state index contributed by atoms with van der Waals surface area (Å²) in [6.07, 6.45) is 0. The number of hydrogen-bond acceptors (Lipinski definition) is 2. The highest BCUT2D eigenvalue weighted by atomic mass is 35.5. The van der Waals surface area contributed by atoms with Gasteiger partial charge in [0.2, 0.25) is 0 Å². The molecule has 0 saturated heterocycles. The van der Waals surface area contributed by atoms with Crippen LogP contribution in [-0.4, -0.2) is 6.54 Å². The average molecular weight is 290 g/mol. The molecule has 2 nitrogen and oxygen atoms in total. The van der Waals surface area contributed by atoms with Gasteiger partial charge in [-0.15, -0.1) is 0 Å². The van der Waals surface area contributed by atoms with Gasteiger partial charge in [-0.3, -0.25) is 0 Å². The molecule has 0 saturated carbocycles. The van der Waals surface area contributed by atoms with Crippen molar-refractivity contribution in [3.8, 4) is 11.5 Å². The minimum Gasteiger partial charge on any atom is -0.457 e. The summed E-state index contributed by atoms with van der Waals surface area (Å²) in [6.45, 7) is 7.19. The average Bonchev–Trinajstić information content (AvgIpc) is 2.43. The van der Waals surface area contributed by atoms with Crippen LogP contribution in [0, 0.1) is 6.92 Å². The quantitative estimate of drug-likeness (QED) is 0.826. The van der Waals surface area contributed by atoms with Crippen molar-refractivity contribution < 1.29 is 4.74 Å². The Morgan fingerprint density at radius 1 is 1.20 bits per heavy atom. The van der Waals surface area contributed by atoms with Gasteiger partial charge in [-0.2, -0.15) is 0 Å². The third-order valence-electron chi connectivity index (χ3n) is 3.23. The number of aryl methyl sites for hydroxylation is 1. The lowest BCUT2D eigenvalue weighted by molar-refractivity contribution is 0.476. The van der Waals surface area contributed by atoms with Crippen LogP contribution in [0.5, 0.6) is 11.5 Å². The third kappa shape index (κ3) is 3.75. The van der Waals surface area contributed by atoms with Gasteiger partial charge in [0, 0.05) is 11.1 Å². The summed E-state index contributed by atoms with van der Waals surface area (Å²) in [7, 11) is 0. The fourth-order valence-corrected chi connectivity index (χ4v) is 2.35. The van der Waals surface area contributed by atoms with Crippen molar-refractivity contribution in [3.63, 3.8) is 0 Å². The predicted octanol–water partition coefficient (Wildman–Crippen LogP) is 5.11. The van der Waals surface area contributed by atoms with Crippen LogP contribution in [0.25, 0.3) is 0 Å². The summed E-state index contributed by atoms with van der Waals surface area (Å²) < 4.78 is 5.95. The topological polar surface area (TPSA) is 21.3 Å². The third-order valence-corrected chi connectivity index (χ3v) is 3.47. The molecule has 0 bridgehead atoms. The molecule has 0 aliphatic rings. The highest BCUT2D eigenvalue weighted by Gasteiger charge is 2.06. The van der Waals surface area contributed by atoms with E-state index in [1.54, 1.807) is 0 Å². The van der Waals surface area contributed by atoms with Crippen molar-refractivity contribution in [2.24, 2.45) is 0 Å². The van der Waals surface area contributed by atoms with Crippen molar-refractivity contribution in [2.45, 2.75) is 26.8 Å². The van der Waals surface area contributed by atoms with E-state index in [0.29, 0.717) is 6.04 Å². The molecule has 106 valence electrons. The Balaban J connectivity index is 2.19. The van der Waals surface area contributed by atoms with Crippen LogP contribution in [0.4, 0.5) is 0 Å². The molecule has 0 aromatic heterocycles. The van der Waals surface area contributed by atoms with Crippen molar-refractivity contribution in [1.29, 1.82) is 0 Å². The first-order valence-electron chi connectivity index (χ1n) is 6.87. The molecule has 1 N–H and O–H groups in total. The van der Waals surface area contributed by atoms with Crippen LogP contribution < -0.4 is 10.1 Å². The lowest BCUT2D eigenvalue weighted by atomic mass is 10.1. The zero-order chi connectivity index (χ0) is 14.5. The molecule has 0 heterocycles. The van der Waals surface area contributed by atoms with Gasteiger partial charge in [-0.05, 0) is 61.9 Å². The molecule has 1 atom stereocenters. The second-order valence-electron chi connectivity index (χ2n) is 4.86. The second kappa shape index (κ2) is 6.78. The van der Waals surface area contributed by atoms with Gasteiger partial charge in [0.15, 0.2) is 0 Å². The molecule has 0 fully saturated rings. The van der Waals surface area contributed by atoms with Gasteiger partial charge in [0.25, 0.3) is 0 Å². The van der Waals surface area contributed by atoms with E-state index in [1.807, 2.05) is 37.3 Å². The number of rotatable bonds is 5. The Morgan fingerprint density at radius 2 is 2.00 bits per heavy atom. The molecule has 1 unspecified atom stereocenters. The van der Waals surface area contributed by atoms with Gasteiger partial charge in [0.1, 0.15) is 11.5 Å². The lowest BCUT2D eigenvalue weighted by Crippen LogP contribution is -2.17.